The molecule has 0 radical (unpaired) electrons. The minimum absolute atomic E-state index is 0. The normalized spacial score (nSPS) is 7.12. The summed E-state index contributed by atoms with van der Waals surface area (Å²) in [5, 5.41) is 0. The summed E-state index contributed by atoms with van der Waals surface area (Å²) in [6, 6.07) is 0. The predicted molar refractivity (Wildman–Crippen MR) is 27.4 cm³/mol. The second-order valence-corrected chi connectivity index (χ2v) is 1.21. The first kappa shape index (κ1) is 11.0. The molecule has 0 bridgehead atoms. The van der Waals surface area contributed by atoms with Crippen molar-refractivity contribution in [1.82, 2.24) is 0 Å². The molecule has 0 amide bonds. The van der Waals surface area contributed by atoms with Crippen LogP contribution in [0.4, 0.5) is 0 Å². The van der Waals surface area contributed by atoms with Crippen molar-refractivity contribution in [3.63, 3.8) is 0 Å². The van der Waals surface area contributed by atoms with E-state index in [-0.39, 0.29) is 29.6 Å². The maximum Gasteiger partial charge on any atom is 1.00 e. The van der Waals surface area contributed by atoms with Crippen molar-refractivity contribution in [2.45, 2.75) is 0 Å². The number of carbonyl (C=O) groups excluding carboxylic acids is 3. The van der Waals surface area contributed by atoms with E-state index in [9.17, 15) is 14.4 Å². The Hall–Kier alpha value is 0.0749. The van der Waals surface area contributed by atoms with Crippen molar-refractivity contribution in [3.05, 3.63) is 0 Å². The molecule has 38 valence electrons. The third-order valence-electron chi connectivity index (χ3n) is 0.577. The quantitative estimate of drug-likeness (QED) is 0.280. The smallest absolute Gasteiger partial charge is 0.349 e. The van der Waals surface area contributed by atoms with Crippen molar-refractivity contribution in [1.29, 1.82) is 0 Å². The summed E-state index contributed by atoms with van der Waals surface area (Å²) in [6.45, 7) is -1.75. The van der Waals surface area contributed by atoms with Crippen LogP contribution in [0.25, 0.3) is 0 Å². The molecule has 3 nitrogen and oxygen atoms in total. The second-order valence-electron chi connectivity index (χ2n) is 1.21. The predicted octanol–water partition coefficient (Wildman–Crippen LogP) is -4.47. The summed E-state index contributed by atoms with van der Waals surface area (Å²) in [5.74, 6) is 0. The molecule has 0 aromatic carbocycles. The minimum Gasteiger partial charge on any atom is -0.349 e. The molecule has 0 saturated heterocycles. The van der Waals surface area contributed by atoms with E-state index in [2.05, 4.69) is 0 Å². The zero-order valence-corrected chi connectivity index (χ0v) is 6.66. The van der Waals surface area contributed by atoms with Crippen LogP contribution in [-0.2, 0) is 14.4 Å². The van der Waals surface area contributed by atoms with Gasteiger partial charge in [0, 0.05) is 0 Å². The summed E-state index contributed by atoms with van der Waals surface area (Å²) in [6.07, 6.45) is 1.12. The first-order chi connectivity index (χ1) is 3.35. The van der Waals surface area contributed by atoms with Gasteiger partial charge in [0.25, 0.3) is 0 Å². The Morgan fingerprint density at radius 3 is 1.12 bits per heavy atom. The van der Waals surface area contributed by atoms with Gasteiger partial charge in [0.2, 0.25) is 0 Å². The molecule has 8 heavy (non-hydrogen) atoms. The largest absolute Gasteiger partial charge is 1.00 e. The molecular weight excluding hydrogens is 118 g/mol. The first-order valence-corrected chi connectivity index (χ1v) is 1.93. The molecule has 0 spiro atoms. The van der Waals surface area contributed by atoms with E-state index in [1.807, 2.05) is 0 Å². The molecule has 0 saturated carbocycles. The second kappa shape index (κ2) is 7.07. The van der Waals surface area contributed by atoms with Gasteiger partial charge in [-0.05, 0) is 18.6 Å². The fourth-order valence-electron chi connectivity index (χ4n) is 0.118. The van der Waals surface area contributed by atoms with E-state index >= 15 is 0 Å². The molecule has 0 unspecified atom stereocenters. The average Bonchev–Trinajstić information content (AvgIpc) is 1.72. The molecule has 0 aliphatic rings. The van der Waals surface area contributed by atoms with Crippen molar-refractivity contribution in [2.75, 3.05) is 0 Å². The van der Waals surface area contributed by atoms with Crippen molar-refractivity contribution >= 4 is 25.3 Å². The first-order valence-electron chi connectivity index (χ1n) is 1.93. The summed E-state index contributed by atoms with van der Waals surface area (Å²) < 4.78 is 0. The minimum atomic E-state index is -1.75. The Balaban J connectivity index is 0. The zero-order chi connectivity index (χ0) is 5.70. The van der Waals surface area contributed by atoms with Crippen LogP contribution in [0.15, 0.2) is 0 Å². The molecular formula is C3H4BNaO3. The summed E-state index contributed by atoms with van der Waals surface area (Å²) in [4.78, 5) is 28.6. The van der Waals surface area contributed by atoms with Crippen LogP contribution in [0.2, 0.25) is 0 Å². The number of hydrogen-bond donors (Lipinski definition) is 0. The van der Waals surface area contributed by atoms with Gasteiger partial charge in [-0.2, -0.15) is 0 Å². The van der Waals surface area contributed by atoms with E-state index in [1.54, 1.807) is 0 Å². The SMILES string of the molecule is O=C[BH-](C=O)C=O.[Na+]. The number of rotatable bonds is 3. The number of hydrogen-bond acceptors (Lipinski definition) is 3. The van der Waals surface area contributed by atoms with Gasteiger partial charge in [0.1, 0.15) is 0 Å². The standard InChI is InChI=1S/C3H4BO3.Na/c5-1-4(2-6)3-7;/h1-4H;/q-1;+1. The van der Waals surface area contributed by atoms with Gasteiger partial charge >= 0.3 is 29.6 Å². The summed E-state index contributed by atoms with van der Waals surface area (Å²) in [7, 11) is 0. The van der Waals surface area contributed by atoms with Gasteiger partial charge < -0.3 is 14.4 Å². The molecule has 0 N–H and O–H groups in total. The molecule has 0 aromatic heterocycles. The molecule has 0 aromatic rings. The fraction of sp³-hybridized carbons (Fsp3) is 0. The Morgan fingerprint density at radius 1 is 0.875 bits per heavy atom. The van der Waals surface area contributed by atoms with Gasteiger partial charge in [-0.25, -0.2) is 0 Å². The average molecular weight is 122 g/mol. The molecule has 0 aliphatic heterocycles. The van der Waals surface area contributed by atoms with Crippen LogP contribution in [0, 0.1) is 0 Å². The summed E-state index contributed by atoms with van der Waals surface area (Å²) >= 11 is 0. The molecule has 0 heterocycles. The molecule has 0 fully saturated rings. The maximum atomic E-state index is 9.54. The molecule has 0 aliphatic carbocycles. The fourth-order valence-corrected chi connectivity index (χ4v) is 0.118. The zero-order valence-electron chi connectivity index (χ0n) is 4.66. The van der Waals surface area contributed by atoms with E-state index in [0.717, 1.165) is 0 Å². The van der Waals surface area contributed by atoms with E-state index < -0.39 is 6.71 Å². The van der Waals surface area contributed by atoms with E-state index in [1.165, 1.54) is 0 Å². The van der Waals surface area contributed by atoms with E-state index in [0.29, 0.717) is 18.6 Å². The Kier molecular flexibility index (Phi) is 9.69. The maximum absolute atomic E-state index is 9.54. The Bertz CT molecular complexity index is 75.5. The van der Waals surface area contributed by atoms with Gasteiger partial charge in [0.05, 0.1) is 0 Å². The van der Waals surface area contributed by atoms with Crippen LogP contribution >= 0.6 is 0 Å². The van der Waals surface area contributed by atoms with Gasteiger partial charge in [0.15, 0.2) is 6.71 Å². The third kappa shape index (κ3) is 4.24. The van der Waals surface area contributed by atoms with Crippen LogP contribution in [0.5, 0.6) is 0 Å². The Morgan fingerprint density at radius 2 is 1.12 bits per heavy atom. The third-order valence-corrected chi connectivity index (χ3v) is 0.577. The van der Waals surface area contributed by atoms with Gasteiger partial charge in [-0.15, -0.1) is 0 Å². The topological polar surface area (TPSA) is 51.2 Å². The van der Waals surface area contributed by atoms with Gasteiger partial charge in [-0.3, -0.25) is 0 Å². The van der Waals surface area contributed by atoms with Crippen LogP contribution in [0.3, 0.4) is 0 Å². The molecule has 0 rings (SSSR count). The van der Waals surface area contributed by atoms with Crippen molar-refractivity contribution < 1.29 is 43.9 Å². The van der Waals surface area contributed by atoms with Crippen molar-refractivity contribution in [2.24, 2.45) is 0 Å². The van der Waals surface area contributed by atoms with Crippen LogP contribution in [0.1, 0.15) is 0 Å². The van der Waals surface area contributed by atoms with Crippen LogP contribution < -0.4 is 29.6 Å². The Labute approximate surface area is 69.2 Å². The van der Waals surface area contributed by atoms with Crippen LogP contribution in [-0.4, -0.2) is 25.3 Å². The molecule has 5 heteroatoms. The van der Waals surface area contributed by atoms with Gasteiger partial charge in [-0.1, -0.05) is 0 Å². The molecule has 0 atom stereocenters. The number of carbonyl (C=O) groups is 3. The monoisotopic (exact) mass is 122 g/mol. The van der Waals surface area contributed by atoms with Crippen molar-refractivity contribution in [3.8, 4) is 0 Å². The summed E-state index contributed by atoms with van der Waals surface area (Å²) in [5.41, 5.74) is 0. The van der Waals surface area contributed by atoms with E-state index in [4.69, 9.17) is 0 Å².